The first kappa shape index (κ1) is 23.3. The number of benzene rings is 2. The van der Waals surface area contributed by atoms with E-state index in [1.54, 1.807) is 60.7 Å². The van der Waals surface area contributed by atoms with E-state index in [0.717, 1.165) is 11.6 Å². The van der Waals surface area contributed by atoms with Gasteiger partial charge in [0.1, 0.15) is 0 Å². The van der Waals surface area contributed by atoms with Crippen LogP contribution in [0.25, 0.3) is 22.5 Å². The Kier molecular flexibility index (Phi) is 6.87. The predicted octanol–water partition coefficient (Wildman–Crippen LogP) is 5.41. The van der Waals surface area contributed by atoms with Gasteiger partial charge in [-0.3, -0.25) is 0 Å². The number of urea groups is 1. The van der Waals surface area contributed by atoms with Gasteiger partial charge in [0.15, 0.2) is 5.16 Å². The molecule has 3 amide bonds. The quantitative estimate of drug-likeness (QED) is 0.404. The number of hydrogen-bond donors (Lipinski definition) is 1. The second kappa shape index (κ2) is 9.43. The summed E-state index contributed by atoms with van der Waals surface area (Å²) in [5.41, 5.74) is 1.11. The minimum atomic E-state index is -4.52. The zero-order valence-corrected chi connectivity index (χ0v) is 17.7. The molecule has 3 rings (SSSR count). The molecule has 168 valence electrons. The van der Waals surface area contributed by atoms with Gasteiger partial charge in [-0.15, -0.1) is 0 Å². The van der Waals surface area contributed by atoms with Gasteiger partial charge in [0.05, 0.1) is 11.4 Å². The number of alkyl halides is 4. The highest BCUT2D eigenvalue weighted by Crippen LogP contribution is 2.44. The van der Waals surface area contributed by atoms with Crippen molar-refractivity contribution in [1.29, 1.82) is 0 Å². The molecule has 0 aliphatic heterocycles. The van der Waals surface area contributed by atoms with Gasteiger partial charge in [0, 0.05) is 25.2 Å². The normalized spacial score (nSPS) is 11.5. The Hall–Kier alpha value is -3.34. The summed E-state index contributed by atoms with van der Waals surface area (Å²) >= 11 is -0.541. The lowest BCUT2D eigenvalue weighted by Crippen LogP contribution is -2.42. The largest absolute Gasteiger partial charge is 0.360 e. The molecule has 0 aliphatic rings. The number of nitrogens with one attached hydrogen (secondary N) is 1. The van der Waals surface area contributed by atoms with Gasteiger partial charge in [-0.05, 0) is 11.8 Å². The molecule has 0 saturated carbocycles. The second-order valence-electron chi connectivity index (χ2n) is 6.52. The fourth-order valence-electron chi connectivity index (χ4n) is 2.88. The number of carbonyl (C=O) groups is 2. The average molecular weight is 466 g/mol. The van der Waals surface area contributed by atoms with Crippen LogP contribution in [0.15, 0.2) is 65.8 Å². The number of nitrogens with zero attached hydrogens (tertiary/aromatic N) is 3. The number of hydrogen-bond acceptors (Lipinski definition) is 4. The monoisotopic (exact) mass is 466 g/mol. The Labute approximate surface area is 185 Å². The number of carbonyl (C=O) groups excluding carboxylic acids is 2. The summed E-state index contributed by atoms with van der Waals surface area (Å²) < 4.78 is 54.7. The maximum absolute atomic E-state index is 14.0. The number of aromatic nitrogens is 2. The smallest absolute Gasteiger partial charge is 0.341 e. The molecule has 0 aliphatic carbocycles. The molecule has 0 unspecified atom stereocenters. The first-order valence-corrected chi connectivity index (χ1v) is 10.1. The van der Waals surface area contributed by atoms with Gasteiger partial charge in [0.25, 0.3) is 0 Å². The first-order valence-electron chi connectivity index (χ1n) is 9.25. The lowest BCUT2D eigenvalue weighted by atomic mass is 10.0. The molecule has 3 aromatic rings. The Morgan fingerprint density at radius 2 is 1.56 bits per heavy atom. The summed E-state index contributed by atoms with van der Waals surface area (Å²) in [6.07, 6.45) is -4.00. The van der Waals surface area contributed by atoms with Gasteiger partial charge in [0.2, 0.25) is 0 Å². The summed E-state index contributed by atoms with van der Waals surface area (Å²) in [5, 5.41) is -2.93. The molecule has 6 nitrogen and oxygen atoms in total. The maximum Gasteiger partial charge on any atom is 0.360 e. The highest BCUT2D eigenvalue weighted by atomic mass is 32.2. The zero-order valence-electron chi connectivity index (χ0n) is 16.9. The fraction of sp³-hybridized carbons (Fsp3) is 0.190. The fourth-order valence-corrected chi connectivity index (χ4v) is 3.61. The minimum Gasteiger partial charge on any atom is -0.341 e. The van der Waals surface area contributed by atoms with Crippen LogP contribution < -0.4 is 5.32 Å². The van der Waals surface area contributed by atoms with Crippen LogP contribution >= 0.6 is 11.8 Å². The Morgan fingerprint density at radius 1 is 1.03 bits per heavy atom. The summed E-state index contributed by atoms with van der Waals surface area (Å²) in [6, 6.07) is 14.8. The van der Waals surface area contributed by atoms with Crippen LogP contribution in [0.5, 0.6) is 0 Å². The van der Waals surface area contributed by atoms with Gasteiger partial charge < -0.3 is 5.32 Å². The topological polar surface area (TPSA) is 67.2 Å². The van der Waals surface area contributed by atoms with Crippen LogP contribution in [0.1, 0.15) is 0 Å². The SMILES string of the molecule is CNC(=O)N(C)C(=O)n1c(SC(F)(F)C(F)F)nc(-c2ccccc2)c1-c1ccccc1. The highest BCUT2D eigenvalue weighted by Gasteiger charge is 2.45. The molecular weight excluding hydrogens is 448 g/mol. The molecule has 0 fully saturated rings. The number of amides is 3. The van der Waals surface area contributed by atoms with Crippen LogP contribution in [0.3, 0.4) is 0 Å². The van der Waals surface area contributed by atoms with Crippen molar-refractivity contribution in [3.63, 3.8) is 0 Å². The van der Waals surface area contributed by atoms with Gasteiger partial charge in [-0.25, -0.2) is 32.8 Å². The summed E-state index contributed by atoms with van der Waals surface area (Å²) in [6.45, 7) is 0. The van der Waals surface area contributed by atoms with E-state index in [4.69, 9.17) is 0 Å². The van der Waals surface area contributed by atoms with Crippen molar-refractivity contribution in [2.75, 3.05) is 14.1 Å². The van der Waals surface area contributed by atoms with Crippen molar-refractivity contribution in [3.05, 3.63) is 60.7 Å². The highest BCUT2D eigenvalue weighted by molar-refractivity contribution is 8.00. The molecule has 1 N–H and O–H groups in total. The van der Waals surface area contributed by atoms with Crippen molar-refractivity contribution >= 4 is 23.8 Å². The molecule has 11 heteroatoms. The Bertz CT molecular complexity index is 1110. The third kappa shape index (κ3) is 4.62. The number of rotatable bonds is 5. The van der Waals surface area contributed by atoms with E-state index >= 15 is 0 Å². The molecule has 0 saturated heterocycles. The van der Waals surface area contributed by atoms with Crippen molar-refractivity contribution in [2.45, 2.75) is 16.8 Å². The average Bonchev–Trinajstić information content (AvgIpc) is 3.16. The molecule has 0 radical (unpaired) electrons. The number of imidazole rings is 1. The van der Waals surface area contributed by atoms with Crippen molar-refractivity contribution < 1.29 is 27.2 Å². The molecule has 0 spiro atoms. The van der Waals surface area contributed by atoms with E-state index < -0.39 is 40.7 Å². The Balaban J connectivity index is 2.32. The van der Waals surface area contributed by atoms with Crippen molar-refractivity contribution in [2.24, 2.45) is 0 Å². The van der Waals surface area contributed by atoms with Crippen molar-refractivity contribution in [1.82, 2.24) is 19.8 Å². The van der Waals surface area contributed by atoms with Crippen LogP contribution in [0, 0.1) is 0 Å². The third-order valence-corrected chi connectivity index (χ3v) is 5.33. The first-order chi connectivity index (χ1) is 15.2. The molecule has 0 bridgehead atoms. The van der Waals surface area contributed by atoms with Crippen LogP contribution in [0.2, 0.25) is 0 Å². The molecule has 0 atom stereocenters. The van der Waals surface area contributed by atoms with Gasteiger partial charge in [-0.2, -0.15) is 8.78 Å². The standard InChI is InChI=1S/C21H18F4N4O2S/c1-26-18(30)28(2)20(31)29-16(14-11-7-4-8-12-14)15(13-9-5-3-6-10-13)27-19(29)32-21(24,25)17(22)23/h3-12,17H,1-2H3,(H,26,30). The maximum atomic E-state index is 14.0. The minimum absolute atomic E-state index is 0.0881. The lowest BCUT2D eigenvalue weighted by molar-refractivity contribution is -0.0566. The van der Waals surface area contributed by atoms with E-state index in [0.29, 0.717) is 16.0 Å². The predicted molar refractivity (Wildman–Crippen MR) is 113 cm³/mol. The zero-order chi connectivity index (χ0) is 23.5. The lowest BCUT2D eigenvalue weighted by Gasteiger charge is -2.20. The molecule has 1 heterocycles. The molecule has 32 heavy (non-hydrogen) atoms. The number of imide groups is 1. The summed E-state index contributed by atoms with van der Waals surface area (Å²) in [4.78, 5) is 30.0. The van der Waals surface area contributed by atoms with Gasteiger partial charge >= 0.3 is 23.7 Å². The molecule has 1 aromatic heterocycles. The summed E-state index contributed by atoms with van der Waals surface area (Å²) in [7, 11) is 2.42. The van der Waals surface area contributed by atoms with E-state index in [9.17, 15) is 27.2 Å². The summed E-state index contributed by atoms with van der Waals surface area (Å²) in [5.74, 6) is 0. The van der Waals surface area contributed by atoms with E-state index in [-0.39, 0.29) is 11.4 Å². The van der Waals surface area contributed by atoms with E-state index in [1.165, 1.54) is 7.05 Å². The van der Waals surface area contributed by atoms with Crippen LogP contribution in [-0.4, -0.2) is 52.3 Å². The van der Waals surface area contributed by atoms with Crippen LogP contribution in [0.4, 0.5) is 27.2 Å². The van der Waals surface area contributed by atoms with Crippen molar-refractivity contribution in [3.8, 4) is 22.5 Å². The Morgan fingerprint density at radius 3 is 2.06 bits per heavy atom. The second-order valence-corrected chi connectivity index (χ2v) is 7.63. The van der Waals surface area contributed by atoms with E-state index in [2.05, 4.69) is 10.3 Å². The number of thioether (sulfide) groups is 1. The van der Waals surface area contributed by atoms with Gasteiger partial charge in [-0.1, -0.05) is 60.7 Å². The number of halogens is 4. The van der Waals surface area contributed by atoms with Crippen LogP contribution in [-0.2, 0) is 0 Å². The van der Waals surface area contributed by atoms with E-state index in [1.807, 2.05) is 0 Å². The third-order valence-electron chi connectivity index (χ3n) is 4.42. The molecular formula is C21H18F4N4O2S. The molecule has 2 aromatic carbocycles.